The third-order valence-corrected chi connectivity index (χ3v) is 4.52. The van der Waals surface area contributed by atoms with E-state index in [1.807, 2.05) is 18.2 Å². The van der Waals surface area contributed by atoms with Crippen molar-refractivity contribution >= 4 is 5.91 Å². The van der Waals surface area contributed by atoms with Crippen LogP contribution in [0.3, 0.4) is 0 Å². The Bertz CT molecular complexity index is 789. The Morgan fingerprint density at radius 2 is 2.12 bits per heavy atom. The molecule has 0 spiro atoms. The van der Waals surface area contributed by atoms with E-state index in [9.17, 15) is 4.79 Å². The number of aryl methyl sites for hydroxylation is 1. The molecule has 1 N–H and O–H groups in total. The van der Waals surface area contributed by atoms with Crippen molar-refractivity contribution < 1.29 is 14.3 Å². The molecule has 2 aliphatic heterocycles. The van der Waals surface area contributed by atoms with Crippen molar-refractivity contribution in [2.24, 2.45) is 0 Å². The maximum absolute atomic E-state index is 12.2. The van der Waals surface area contributed by atoms with Gasteiger partial charge in [0.1, 0.15) is 11.6 Å². The fourth-order valence-corrected chi connectivity index (χ4v) is 3.18. The highest BCUT2D eigenvalue weighted by Crippen LogP contribution is 2.32. The number of hydrogen-bond acceptors (Lipinski definition) is 6. The quantitative estimate of drug-likeness (QED) is 0.861. The van der Waals surface area contributed by atoms with Gasteiger partial charge >= 0.3 is 0 Å². The van der Waals surface area contributed by atoms with Crippen LogP contribution < -0.4 is 14.8 Å². The van der Waals surface area contributed by atoms with Gasteiger partial charge in [0.15, 0.2) is 11.5 Å². The van der Waals surface area contributed by atoms with Gasteiger partial charge in [0.05, 0.1) is 13.1 Å². The van der Waals surface area contributed by atoms with Crippen molar-refractivity contribution in [3.63, 3.8) is 0 Å². The van der Waals surface area contributed by atoms with Gasteiger partial charge in [0.25, 0.3) is 0 Å². The zero-order valence-corrected chi connectivity index (χ0v) is 14.2. The van der Waals surface area contributed by atoms with Gasteiger partial charge in [-0.3, -0.25) is 9.69 Å². The van der Waals surface area contributed by atoms with Crippen molar-refractivity contribution in [1.29, 1.82) is 0 Å². The molecule has 2 aliphatic rings. The lowest BCUT2D eigenvalue weighted by molar-refractivity contribution is -0.122. The number of carbonyl (C=O) groups is 1. The van der Waals surface area contributed by atoms with Crippen LogP contribution in [0.25, 0.3) is 0 Å². The Morgan fingerprint density at radius 3 is 3.00 bits per heavy atom. The second-order valence-corrected chi connectivity index (χ2v) is 6.21. The van der Waals surface area contributed by atoms with Gasteiger partial charge in [-0.05, 0) is 17.7 Å². The summed E-state index contributed by atoms with van der Waals surface area (Å²) in [5.74, 6) is 3.43. The van der Waals surface area contributed by atoms with Gasteiger partial charge in [-0.1, -0.05) is 13.0 Å². The van der Waals surface area contributed by atoms with E-state index in [2.05, 4.69) is 31.9 Å². The summed E-state index contributed by atoms with van der Waals surface area (Å²) in [5.41, 5.74) is 0.989. The molecule has 0 unspecified atom stereocenters. The number of aromatic nitrogens is 3. The van der Waals surface area contributed by atoms with Crippen LogP contribution in [0, 0.1) is 0 Å². The van der Waals surface area contributed by atoms with E-state index < -0.39 is 0 Å². The monoisotopic (exact) mass is 343 g/mol. The lowest BCUT2D eigenvalue weighted by Crippen LogP contribution is -2.41. The fourth-order valence-electron chi connectivity index (χ4n) is 3.18. The summed E-state index contributed by atoms with van der Waals surface area (Å²) in [4.78, 5) is 14.3. The summed E-state index contributed by atoms with van der Waals surface area (Å²) in [7, 11) is 0. The Labute approximate surface area is 145 Å². The molecule has 0 fully saturated rings. The van der Waals surface area contributed by atoms with E-state index in [0.717, 1.165) is 48.2 Å². The molecule has 1 amide bonds. The highest BCUT2D eigenvalue weighted by Gasteiger charge is 2.22. The van der Waals surface area contributed by atoms with Crippen molar-refractivity contribution in [3.05, 3.63) is 35.4 Å². The predicted molar refractivity (Wildman–Crippen MR) is 89.1 cm³/mol. The third kappa shape index (κ3) is 3.30. The van der Waals surface area contributed by atoms with Crippen LogP contribution in [0.15, 0.2) is 18.2 Å². The maximum Gasteiger partial charge on any atom is 0.234 e. The Morgan fingerprint density at radius 1 is 1.24 bits per heavy atom. The normalized spacial score (nSPS) is 15.9. The van der Waals surface area contributed by atoms with Crippen molar-refractivity contribution in [3.8, 4) is 11.5 Å². The molecule has 0 aliphatic carbocycles. The molecule has 0 saturated carbocycles. The first-order valence-electron chi connectivity index (χ1n) is 8.51. The Kier molecular flexibility index (Phi) is 4.27. The van der Waals surface area contributed by atoms with E-state index in [0.29, 0.717) is 19.6 Å². The summed E-state index contributed by atoms with van der Waals surface area (Å²) in [6.45, 7) is 5.48. The minimum absolute atomic E-state index is 0.00125. The standard InChI is InChI=1S/C17H21N5O3/c1-2-15-19-20-16-9-21(5-6-22(15)16)10-17(23)18-8-12-3-4-13-14(7-12)25-11-24-13/h3-4,7H,2,5-6,8-11H2,1H3,(H,18,23). The number of nitrogens with one attached hydrogen (secondary N) is 1. The Hall–Kier alpha value is -2.61. The van der Waals surface area contributed by atoms with Crippen molar-refractivity contribution in [1.82, 2.24) is 25.0 Å². The van der Waals surface area contributed by atoms with E-state index >= 15 is 0 Å². The average Bonchev–Trinajstić information content (AvgIpc) is 3.25. The third-order valence-electron chi connectivity index (χ3n) is 4.52. The van der Waals surface area contributed by atoms with Gasteiger partial charge in [-0.15, -0.1) is 10.2 Å². The molecule has 2 aromatic rings. The average molecular weight is 343 g/mol. The van der Waals surface area contributed by atoms with Gasteiger partial charge < -0.3 is 19.4 Å². The number of carbonyl (C=O) groups excluding carboxylic acids is 1. The lowest BCUT2D eigenvalue weighted by atomic mass is 10.2. The zero-order chi connectivity index (χ0) is 17.2. The second-order valence-electron chi connectivity index (χ2n) is 6.21. The molecule has 132 valence electrons. The Balaban J connectivity index is 1.29. The van der Waals surface area contributed by atoms with Gasteiger partial charge in [-0.2, -0.15) is 0 Å². The number of nitrogens with zero attached hydrogens (tertiary/aromatic N) is 4. The molecular formula is C17H21N5O3. The molecule has 8 heteroatoms. The molecule has 0 radical (unpaired) electrons. The van der Waals surface area contributed by atoms with Crippen LogP contribution in [0.2, 0.25) is 0 Å². The van der Waals surface area contributed by atoms with Crippen LogP contribution in [0.1, 0.15) is 24.1 Å². The number of amides is 1. The molecule has 1 aromatic heterocycles. The number of ether oxygens (including phenoxy) is 2. The van der Waals surface area contributed by atoms with E-state index in [1.165, 1.54) is 0 Å². The minimum Gasteiger partial charge on any atom is -0.454 e. The van der Waals surface area contributed by atoms with E-state index in [1.54, 1.807) is 0 Å². The van der Waals surface area contributed by atoms with Crippen LogP contribution in [-0.2, 0) is 30.8 Å². The second kappa shape index (κ2) is 6.72. The molecule has 0 saturated heterocycles. The highest BCUT2D eigenvalue weighted by molar-refractivity contribution is 5.78. The summed E-state index contributed by atoms with van der Waals surface area (Å²) in [6.07, 6.45) is 0.878. The van der Waals surface area contributed by atoms with E-state index in [4.69, 9.17) is 9.47 Å². The van der Waals surface area contributed by atoms with Gasteiger partial charge in [0.2, 0.25) is 12.7 Å². The number of rotatable bonds is 5. The maximum atomic E-state index is 12.2. The smallest absolute Gasteiger partial charge is 0.234 e. The molecular weight excluding hydrogens is 322 g/mol. The molecule has 25 heavy (non-hydrogen) atoms. The van der Waals surface area contributed by atoms with Crippen LogP contribution in [0.4, 0.5) is 0 Å². The summed E-state index contributed by atoms with van der Waals surface area (Å²) in [6, 6.07) is 5.70. The topological polar surface area (TPSA) is 81.5 Å². The van der Waals surface area contributed by atoms with Crippen molar-refractivity contribution in [2.45, 2.75) is 33.0 Å². The highest BCUT2D eigenvalue weighted by atomic mass is 16.7. The fraction of sp³-hybridized carbons (Fsp3) is 0.471. The van der Waals surface area contributed by atoms with Gasteiger partial charge in [-0.25, -0.2) is 0 Å². The largest absolute Gasteiger partial charge is 0.454 e. The summed E-state index contributed by atoms with van der Waals surface area (Å²) >= 11 is 0. The molecule has 0 atom stereocenters. The first-order chi connectivity index (χ1) is 12.2. The van der Waals surface area contributed by atoms with Crippen LogP contribution >= 0.6 is 0 Å². The number of fused-ring (bicyclic) bond motifs is 2. The first-order valence-corrected chi connectivity index (χ1v) is 8.51. The minimum atomic E-state index is 0.00125. The number of hydrogen-bond donors (Lipinski definition) is 1. The molecule has 1 aromatic carbocycles. The molecule has 8 nitrogen and oxygen atoms in total. The van der Waals surface area contributed by atoms with E-state index in [-0.39, 0.29) is 12.7 Å². The zero-order valence-electron chi connectivity index (χ0n) is 14.2. The summed E-state index contributed by atoms with van der Waals surface area (Å²) < 4.78 is 12.8. The predicted octanol–water partition coefficient (Wildman–Crippen LogP) is 0.701. The molecule has 0 bridgehead atoms. The summed E-state index contributed by atoms with van der Waals surface area (Å²) in [5, 5.41) is 11.4. The van der Waals surface area contributed by atoms with Crippen LogP contribution in [0.5, 0.6) is 11.5 Å². The van der Waals surface area contributed by atoms with Crippen molar-refractivity contribution in [2.75, 3.05) is 19.9 Å². The SMILES string of the molecule is CCc1nnc2n1CCN(CC(=O)NCc1ccc3c(c1)OCO3)C2. The van der Waals surface area contributed by atoms with Crippen LogP contribution in [-0.4, -0.2) is 45.5 Å². The molecule has 3 heterocycles. The number of benzene rings is 1. The molecule has 4 rings (SSSR count). The lowest BCUT2D eigenvalue weighted by Gasteiger charge is -2.27. The van der Waals surface area contributed by atoms with Gasteiger partial charge in [0, 0.05) is 26.1 Å². The first kappa shape index (κ1) is 15.9.